The Morgan fingerprint density at radius 3 is 2.32 bits per heavy atom. The van der Waals surface area contributed by atoms with Gasteiger partial charge in [0.15, 0.2) is 0 Å². The van der Waals surface area contributed by atoms with Crippen LogP contribution in [0, 0.1) is 11.6 Å². The van der Waals surface area contributed by atoms with Crippen LogP contribution in [0.4, 0.5) is 8.78 Å². The Morgan fingerprint density at radius 1 is 1.08 bits per heavy atom. The third-order valence-electron chi connectivity index (χ3n) is 5.61. The van der Waals surface area contributed by atoms with E-state index in [0.717, 1.165) is 29.1 Å². The standard InChI is InChI=1S/C25H18Cl2F2N2O5S/c1-3-36-25(34)20-18(17-13(27)7-5-9-15(17)29)19(24(33)35-2)21(30)31-22(32)16(37-23(20)31)10-11-12(26)6-4-8-14(11)28/h4-10,18H,3,30H2,1-2H3/b16-10-/t18-/m1/s1. The maximum absolute atomic E-state index is 15.2. The van der Waals surface area contributed by atoms with Crippen LogP contribution in [0.25, 0.3) is 17.5 Å². The second-order valence-corrected chi connectivity index (χ2v) is 9.53. The van der Waals surface area contributed by atoms with Crippen molar-refractivity contribution in [3.63, 3.8) is 0 Å². The van der Waals surface area contributed by atoms with Gasteiger partial charge in [-0.25, -0.2) is 18.4 Å². The van der Waals surface area contributed by atoms with Crippen molar-refractivity contribution in [3.8, 4) is 0 Å². The number of halogens is 4. The first-order valence-corrected chi connectivity index (χ1v) is 12.3. The molecule has 2 N–H and O–H groups in total. The zero-order chi connectivity index (χ0) is 27.0. The first kappa shape index (κ1) is 26.6. The minimum Gasteiger partial charge on any atom is -0.466 e. The van der Waals surface area contributed by atoms with E-state index >= 15 is 4.39 Å². The summed E-state index contributed by atoms with van der Waals surface area (Å²) < 4.78 is 40.5. The number of methoxy groups -OCH3 is 1. The number of thiazole rings is 1. The number of carbonyl (C=O) groups excluding carboxylic acids is 2. The molecule has 1 atom stereocenters. The Morgan fingerprint density at radius 2 is 1.73 bits per heavy atom. The Balaban J connectivity index is 2.21. The highest BCUT2D eigenvalue weighted by Crippen LogP contribution is 2.41. The number of benzene rings is 2. The summed E-state index contributed by atoms with van der Waals surface area (Å²) in [6.45, 7) is 1.49. The molecule has 37 heavy (non-hydrogen) atoms. The van der Waals surface area contributed by atoms with Gasteiger partial charge in [0.2, 0.25) is 0 Å². The van der Waals surface area contributed by atoms with Crippen LogP contribution in [0.1, 0.15) is 24.0 Å². The second-order valence-electron chi connectivity index (χ2n) is 7.68. The summed E-state index contributed by atoms with van der Waals surface area (Å²) in [5, 5.41) is -0.0570. The van der Waals surface area contributed by atoms with Gasteiger partial charge in [-0.05, 0) is 37.3 Å². The molecule has 0 fully saturated rings. The largest absolute Gasteiger partial charge is 0.466 e. The van der Waals surface area contributed by atoms with Crippen molar-refractivity contribution in [2.24, 2.45) is 5.73 Å². The summed E-state index contributed by atoms with van der Waals surface area (Å²) in [5.41, 5.74) is 4.59. The normalized spacial score (nSPS) is 15.6. The number of hydrogen-bond donors (Lipinski definition) is 1. The lowest BCUT2D eigenvalue weighted by atomic mass is 9.83. The number of fused-ring (bicyclic) bond motifs is 1. The lowest BCUT2D eigenvalue weighted by Crippen LogP contribution is -2.42. The van der Waals surface area contributed by atoms with Gasteiger partial charge in [-0.2, -0.15) is 0 Å². The van der Waals surface area contributed by atoms with Crippen molar-refractivity contribution >= 4 is 63.9 Å². The molecular weight excluding hydrogens is 549 g/mol. The topological polar surface area (TPSA) is 101 Å². The van der Waals surface area contributed by atoms with Crippen molar-refractivity contribution in [3.05, 3.63) is 94.3 Å². The van der Waals surface area contributed by atoms with Crippen LogP contribution in [0.2, 0.25) is 10.0 Å². The van der Waals surface area contributed by atoms with Crippen LogP contribution in [-0.2, 0) is 19.1 Å². The lowest BCUT2D eigenvalue weighted by molar-refractivity contribution is -0.136. The number of nitrogens with two attached hydrogens (primary N) is 1. The number of carbonyl (C=O) groups is 2. The van der Waals surface area contributed by atoms with E-state index in [1.54, 1.807) is 6.92 Å². The van der Waals surface area contributed by atoms with E-state index in [1.807, 2.05) is 0 Å². The zero-order valence-corrected chi connectivity index (χ0v) is 21.6. The van der Waals surface area contributed by atoms with Crippen molar-refractivity contribution in [2.45, 2.75) is 12.8 Å². The monoisotopic (exact) mass is 566 g/mol. The summed E-state index contributed by atoms with van der Waals surface area (Å²) in [7, 11) is 1.07. The van der Waals surface area contributed by atoms with Gasteiger partial charge in [-0.1, -0.05) is 35.3 Å². The maximum atomic E-state index is 15.2. The zero-order valence-electron chi connectivity index (χ0n) is 19.3. The third-order valence-corrected chi connectivity index (χ3v) is 7.38. The molecule has 1 aliphatic heterocycles. The first-order chi connectivity index (χ1) is 17.6. The minimum absolute atomic E-state index is 0.0418. The predicted octanol–water partition coefficient (Wildman–Crippen LogP) is 3.14. The van der Waals surface area contributed by atoms with Crippen molar-refractivity contribution < 1.29 is 27.8 Å². The van der Waals surface area contributed by atoms with Gasteiger partial charge in [0.25, 0.3) is 5.56 Å². The maximum Gasteiger partial charge on any atom is 0.338 e. The Kier molecular flexibility index (Phi) is 7.54. The number of aromatic nitrogens is 1. The molecule has 0 radical (unpaired) electrons. The Bertz CT molecular complexity index is 1620. The number of ether oxygens (including phenoxy) is 2. The van der Waals surface area contributed by atoms with Crippen LogP contribution in [-0.4, -0.2) is 30.2 Å². The molecule has 0 amide bonds. The third kappa shape index (κ3) is 4.56. The summed E-state index contributed by atoms with van der Waals surface area (Å²) >= 11 is 13.2. The molecule has 0 spiro atoms. The highest BCUT2D eigenvalue weighted by atomic mass is 35.5. The number of rotatable bonds is 5. The van der Waals surface area contributed by atoms with E-state index in [2.05, 4.69) is 0 Å². The lowest BCUT2D eigenvalue weighted by Gasteiger charge is -2.27. The highest BCUT2D eigenvalue weighted by molar-refractivity contribution is 7.07. The van der Waals surface area contributed by atoms with Crippen molar-refractivity contribution in [2.75, 3.05) is 13.7 Å². The molecule has 0 aliphatic carbocycles. The second kappa shape index (κ2) is 10.5. The molecule has 7 nitrogen and oxygen atoms in total. The summed E-state index contributed by atoms with van der Waals surface area (Å²) in [6, 6.07) is 7.84. The van der Waals surface area contributed by atoms with Gasteiger partial charge in [0, 0.05) is 16.1 Å². The van der Waals surface area contributed by atoms with E-state index in [0.29, 0.717) is 0 Å². The van der Waals surface area contributed by atoms with Crippen LogP contribution in [0.5, 0.6) is 0 Å². The summed E-state index contributed by atoms with van der Waals surface area (Å²) in [6.07, 6.45) is 1.20. The molecule has 2 heterocycles. The van der Waals surface area contributed by atoms with Crippen LogP contribution >= 0.6 is 34.5 Å². The fourth-order valence-corrected chi connectivity index (χ4v) is 5.66. The van der Waals surface area contributed by atoms with Gasteiger partial charge in [0.05, 0.1) is 40.3 Å². The fraction of sp³-hybridized carbons (Fsp3) is 0.160. The molecule has 0 unspecified atom stereocenters. The van der Waals surface area contributed by atoms with Crippen LogP contribution in [0.15, 0.2) is 46.8 Å². The van der Waals surface area contributed by atoms with Crippen molar-refractivity contribution in [1.82, 2.24) is 4.57 Å². The number of hydrogen-bond acceptors (Lipinski definition) is 7. The van der Waals surface area contributed by atoms with Gasteiger partial charge < -0.3 is 15.2 Å². The SMILES string of the molecule is CCOC(=O)C1=c2s/c(=C\c3c(F)cccc3Cl)c(=O)n2C(N)=C(C(=O)OC)[C@H]1c1c(F)cccc1Cl. The van der Waals surface area contributed by atoms with Gasteiger partial charge >= 0.3 is 11.9 Å². The van der Waals surface area contributed by atoms with Crippen LogP contribution in [0.3, 0.4) is 0 Å². The predicted molar refractivity (Wildman–Crippen MR) is 136 cm³/mol. The van der Waals surface area contributed by atoms with E-state index in [4.69, 9.17) is 38.4 Å². The average molecular weight is 567 g/mol. The van der Waals surface area contributed by atoms with Gasteiger partial charge in [-0.3, -0.25) is 9.36 Å². The van der Waals surface area contributed by atoms with E-state index in [1.165, 1.54) is 36.4 Å². The quantitative estimate of drug-likeness (QED) is 0.476. The fourth-order valence-electron chi connectivity index (χ4n) is 4.02. The van der Waals surface area contributed by atoms with Crippen LogP contribution < -0.4 is 20.5 Å². The van der Waals surface area contributed by atoms with Gasteiger partial charge in [0.1, 0.15) is 22.1 Å². The molecule has 3 aromatic rings. The molecule has 4 rings (SSSR count). The first-order valence-electron chi connectivity index (χ1n) is 10.7. The molecule has 192 valence electrons. The Hall–Kier alpha value is -3.47. The van der Waals surface area contributed by atoms with E-state index in [-0.39, 0.29) is 48.1 Å². The molecular formula is C25H18Cl2F2N2O5S. The molecule has 1 aliphatic rings. The summed E-state index contributed by atoms with van der Waals surface area (Å²) in [4.78, 5) is 39.7. The molecule has 2 aromatic carbocycles. The van der Waals surface area contributed by atoms with E-state index < -0.39 is 40.9 Å². The van der Waals surface area contributed by atoms with Gasteiger partial charge in [-0.15, -0.1) is 11.3 Å². The molecule has 0 bridgehead atoms. The Labute approximate surface area is 222 Å². The smallest absolute Gasteiger partial charge is 0.338 e. The highest BCUT2D eigenvalue weighted by Gasteiger charge is 2.41. The number of nitrogens with zero attached hydrogens (tertiary/aromatic N) is 1. The molecule has 0 saturated carbocycles. The average Bonchev–Trinajstić information content (AvgIpc) is 3.17. The summed E-state index contributed by atoms with van der Waals surface area (Å²) in [5.74, 6) is -5.34. The van der Waals surface area contributed by atoms with Crippen molar-refractivity contribution in [1.29, 1.82) is 0 Å². The number of esters is 2. The minimum atomic E-state index is -1.47. The molecule has 12 heteroatoms. The molecule has 1 aromatic heterocycles. The van der Waals surface area contributed by atoms with E-state index in [9.17, 15) is 18.8 Å². The molecule has 0 saturated heterocycles.